The molecular formula is C10H19NO. The number of hydrogen-bond acceptors (Lipinski definition) is 2. The number of nitrogens with zero attached hydrogens (tertiary/aromatic N) is 1. The van der Waals surface area contributed by atoms with Crippen LogP contribution in [-0.2, 0) is 4.74 Å². The van der Waals surface area contributed by atoms with Crippen molar-refractivity contribution in [3.8, 4) is 0 Å². The van der Waals surface area contributed by atoms with Crippen molar-refractivity contribution in [2.24, 2.45) is 5.41 Å². The lowest BCUT2D eigenvalue weighted by Crippen LogP contribution is -2.47. The van der Waals surface area contributed by atoms with Gasteiger partial charge in [0.2, 0.25) is 0 Å². The van der Waals surface area contributed by atoms with Gasteiger partial charge in [0.25, 0.3) is 0 Å². The Bertz CT molecular complexity index is 164. The maximum Gasteiger partial charge on any atom is 0.0936 e. The molecule has 2 rings (SSSR count). The van der Waals surface area contributed by atoms with Crippen molar-refractivity contribution in [2.45, 2.75) is 38.8 Å². The SMILES string of the molecule is CN(C[C@H]1CO1)C1CC(C)(C)C1. The Labute approximate surface area is 74.9 Å². The largest absolute Gasteiger partial charge is 0.372 e. The third-order valence-corrected chi connectivity index (χ3v) is 3.09. The second kappa shape index (κ2) is 2.71. The van der Waals surface area contributed by atoms with E-state index in [-0.39, 0.29) is 0 Å². The van der Waals surface area contributed by atoms with Gasteiger partial charge in [0.1, 0.15) is 0 Å². The molecule has 0 unspecified atom stereocenters. The fourth-order valence-electron chi connectivity index (χ4n) is 2.17. The summed E-state index contributed by atoms with van der Waals surface area (Å²) in [6.07, 6.45) is 3.27. The lowest BCUT2D eigenvalue weighted by molar-refractivity contribution is 0.0382. The van der Waals surface area contributed by atoms with Crippen LogP contribution in [0.5, 0.6) is 0 Å². The van der Waals surface area contributed by atoms with E-state index >= 15 is 0 Å². The van der Waals surface area contributed by atoms with Gasteiger partial charge in [-0.15, -0.1) is 0 Å². The average Bonchev–Trinajstić information content (AvgIpc) is 2.66. The van der Waals surface area contributed by atoms with Gasteiger partial charge in [0.05, 0.1) is 12.7 Å². The zero-order valence-electron chi connectivity index (χ0n) is 8.34. The van der Waals surface area contributed by atoms with Crippen molar-refractivity contribution >= 4 is 0 Å². The van der Waals surface area contributed by atoms with Crippen LogP contribution >= 0.6 is 0 Å². The number of ether oxygens (including phenoxy) is 1. The first-order valence-corrected chi connectivity index (χ1v) is 4.89. The standard InChI is InChI=1S/C10H19NO/c1-10(2)4-8(5-10)11(3)6-9-7-12-9/h8-9H,4-7H2,1-3H3/t9-/m0/s1. The van der Waals surface area contributed by atoms with Crippen molar-refractivity contribution in [1.29, 1.82) is 0 Å². The summed E-state index contributed by atoms with van der Waals surface area (Å²) in [5.41, 5.74) is 0.601. The van der Waals surface area contributed by atoms with Crippen LogP contribution in [0.25, 0.3) is 0 Å². The summed E-state index contributed by atoms with van der Waals surface area (Å²) in [6.45, 7) is 6.83. The van der Waals surface area contributed by atoms with Crippen molar-refractivity contribution < 1.29 is 4.74 Å². The zero-order valence-corrected chi connectivity index (χ0v) is 8.34. The third kappa shape index (κ3) is 1.80. The molecule has 1 aliphatic heterocycles. The second-order valence-electron chi connectivity index (χ2n) is 5.12. The van der Waals surface area contributed by atoms with Crippen molar-refractivity contribution in [3.05, 3.63) is 0 Å². The summed E-state index contributed by atoms with van der Waals surface area (Å²) < 4.78 is 5.21. The molecule has 0 aromatic carbocycles. The van der Waals surface area contributed by atoms with E-state index in [2.05, 4.69) is 25.8 Å². The molecule has 2 heteroatoms. The highest BCUT2D eigenvalue weighted by molar-refractivity contribution is 4.93. The second-order valence-corrected chi connectivity index (χ2v) is 5.12. The molecule has 0 radical (unpaired) electrons. The van der Waals surface area contributed by atoms with Crippen LogP contribution < -0.4 is 0 Å². The molecule has 70 valence electrons. The molecule has 2 nitrogen and oxygen atoms in total. The number of rotatable bonds is 3. The quantitative estimate of drug-likeness (QED) is 0.595. The Kier molecular flexibility index (Phi) is 1.92. The van der Waals surface area contributed by atoms with Gasteiger partial charge in [-0.2, -0.15) is 0 Å². The average molecular weight is 169 g/mol. The normalized spacial score (nSPS) is 33.5. The maximum atomic E-state index is 5.21. The third-order valence-electron chi connectivity index (χ3n) is 3.09. The molecule has 1 atom stereocenters. The summed E-state index contributed by atoms with van der Waals surface area (Å²) in [6, 6.07) is 0.823. The fraction of sp³-hybridized carbons (Fsp3) is 1.00. The van der Waals surface area contributed by atoms with E-state index < -0.39 is 0 Å². The minimum Gasteiger partial charge on any atom is -0.372 e. The predicted octanol–water partition coefficient (Wildman–Crippen LogP) is 1.51. The molecule has 1 heterocycles. The van der Waals surface area contributed by atoms with Crippen LogP contribution in [0.3, 0.4) is 0 Å². The highest BCUT2D eigenvalue weighted by Crippen LogP contribution is 2.42. The topological polar surface area (TPSA) is 15.8 Å². The number of epoxide rings is 1. The van der Waals surface area contributed by atoms with Gasteiger partial charge < -0.3 is 9.64 Å². The Morgan fingerprint density at radius 3 is 2.42 bits per heavy atom. The van der Waals surface area contributed by atoms with Gasteiger partial charge in [-0.05, 0) is 25.3 Å². The van der Waals surface area contributed by atoms with Gasteiger partial charge in [0.15, 0.2) is 0 Å². The minimum atomic E-state index is 0.554. The number of hydrogen-bond donors (Lipinski definition) is 0. The van der Waals surface area contributed by atoms with Crippen molar-refractivity contribution in [2.75, 3.05) is 20.2 Å². The minimum absolute atomic E-state index is 0.554. The van der Waals surface area contributed by atoms with Crippen LogP contribution in [0.2, 0.25) is 0 Å². The molecule has 0 bridgehead atoms. The molecule has 12 heavy (non-hydrogen) atoms. The number of likely N-dealkylation sites (N-methyl/N-ethyl adjacent to an activating group) is 1. The lowest BCUT2D eigenvalue weighted by Gasteiger charge is -2.47. The van der Waals surface area contributed by atoms with E-state index in [1.807, 2.05) is 0 Å². The molecule has 0 aromatic rings. The Balaban J connectivity index is 1.71. The van der Waals surface area contributed by atoms with Crippen LogP contribution in [0.4, 0.5) is 0 Å². The monoisotopic (exact) mass is 169 g/mol. The zero-order chi connectivity index (χ0) is 8.77. The molecule has 0 amide bonds. The Morgan fingerprint density at radius 2 is 2.00 bits per heavy atom. The van der Waals surface area contributed by atoms with E-state index in [1.54, 1.807) is 0 Å². The summed E-state index contributed by atoms with van der Waals surface area (Å²) in [7, 11) is 2.22. The Morgan fingerprint density at radius 1 is 1.42 bits per heavy atom. The molecule has 2 aliphatic rings. The smallest absolute Gasteiger partial charge is 0.0936 e. The highest BCUT2D eigenvalue weighted by Gasteiger charge is 2.39. The van der Waals surface area contributed by atoms with Crippen LogP contribution in [-0.4, -0.2) is 37.2 Å². The molecule has 0 N–H and O–H groups in total. The summed E-state index contributed by atoms with van der Waals surface area (Å²) in [5, 5.41) is 0. The highest BCUT2D eigenvalue weighted by atomic mass is 16.6. The molecule has 0 spiro atoms. The maximum absolute atomic E-state index is 5.21. The summed E-state index contributed by atoms with van der Waals surface area (Å²) in [5.74, 6) is 0. The summed E-state index contributed by atoms with van der Waals surface area (Å²) in [4.78, 5) is 2.46. The van der Waals surface area contributed by atoms with E-state index in [0.717, 1.165) is 19.2 Å². The van der Waals surface area contributed by atoms with Gasteiger partial charge in [-0.25, -0.2) is 0 Å². The van der Waals surface area contributed by atoms with Gasteiger partial charge in [0, 0.05) is 12.6 Å². The fourth-order valence-corrected chi connectivity index (χ4v) is 2.17. The van der Waals surface area contributed by atoms with Crippen LogP contribution in [0, 0.1) is 5.41 Å². The van der Waals surface area contributed by atoms with E-state index in [9.17, 15) is 0 Å². The molecule has 0 aromatic heterocycles. The molecule has 1 saturated heterocycles. The van der Waals surface area contributed by atoms with E-state index in [1.165, 1.54) is 12.8 Å². The Hall–Kier alpha value is -0.0800. The predicted molar refractivity (Wildman–Crippen MR) is 49.2 cm³/mol. The molecule has 1 saturated carbocycles. The first-order valence-electron chi connectivity index (χ1n) is 4.89. The van der Waals surface area contributed by atoms with E-state index in [4.69, 9.17) is 4.74 Å². The van der Waals surface area contributed by atoms with Crippen LogP contribution in [0.1, 0.15) is 26.7 Å². The van der Waals surface area contributed by atoms with Gasteiger partial charge in [-0.1, -0.05) is 13.8 Å². The van der Waals surface area contributed by atoms with Gasteiger partial charge in [-0.3, -0.25) is 0 Å². The van der Waals surface area contributed by atoms with Crippen LogP contribution in [0.15, 0.2) is 0 Å². The molecule has 1 aliphatic carbocycles. The summed E-state index contributed by atoms with van der Waals surface area (Å²) >= 11 is 0. The molecule has 2 fully saturated rings. The van der Waals surface area contributed by atoms with Gasteiger partial charge >= 0.3 is 0 Å². The molecular weight excluding hydrogens is 150 g/mol. The first-order chi connectivity index (χ1) is 5.57. The lowest BCUT2D eigenvalue weighted by atomic mass is 9.68. The van der Waals surface area contributed by atoms with Crippen molar-refractivity contribution in [3.63, 3.8) is 0 Å². The first kappa shape index (κ1) is 8.52. The van der Waals surface area contributed by atoms with E-state index in [0.29, 0.717) is 11.5 Å². The van der Waals surface area contributed by atoms with Crippen molar-refractivity contribution in [1.82, 2.24) is 4.90 Å².